The number of benzene rings is 1. The number of ether oxygens (including phenoxy) is 1. The Kier molecular flexibility index (Phi) is 7.82. The molecule has 28 heavy (non-hydrogen) atoms. The summed E-state index contributed by atoms with van der Waals surface area (Å²) in [4.78, 5) is 24.4. The maximum atomic E-state index is 12.6. The molecule has 0 saturated carbocycles. The van der Waals surface area contributed by atoms with Crippen LogP contribution in [0.3, 0.4) is 0 Å². The Balaban J connectivity index is 1.98. The molecule has 8 nitrogen and oxygen atoms in total. The van der Waals surface area contributed by atoms with Gasteiger partial charge in [-0.1, -0.05) is 18.6 Å². The van der Waals surface area contributed by atoms with Gasteiger partial charge in [-0.3, -0.25) is 9.59 Å². The minimum Gasteiger partial charge on any atom is -0.494 e. The molecule has 1 aromatic carbocycles. The molecule has 2 rings (SSSR count). The van der Waals surface area contributed by atoms with E-state index < -0.39 is 27.9 Å². The molecule has 1 aliphatic heterocycles. The number of sulfonamides is 1. The quantitative estimate of drug-likeness (QED) is 0.619. The number of carbonyl (C=O) groups excluding carboxylic acids is 2. The molecule has 156 valence electrons. The fourth-order valence-electron chi connectivity index (χ4n) is 3.35. The van der Waals surface area contributed by atoms with Crippen LogP contribution in [0.25, 0.3) is 0 Å². The van der Waals surface area contributed by atoms with Crippen molar-refractivity contribution in [3.05, 3.63) is 29.8 Å². The van der Waals surface area contributed by atoms with Crippen LogP contribution in [0.5, 0.6) is 5.75 Å². The number of primary amides is 1. The van der Waals surface area contributed by atoms with Crippen molar-refractivity contribution in [3.63, 3.8) is 0 Å². The van der Waals surface area contributed by atoms with Crippen molar-refractivity contribution in [3.8, 4) is 5.75 Å². The number of nitrogens with zero attached hydrogens (tertiary/aromatic N) is 1. The lowest BCUT2D eigenvalue weighted by molar-refractivity contribution is -0.126. The minimum absolute atomic E-state index is 0.0650. The van der Waals surface area contributed by atoms with Crippen LogP contribution in [0.2, 0.25) is 0 Å². The second-order valence-corrected chi connectivity index (χ2v) is 8.95. The Labute approximate surface area is 166 Å². The van der Waals surface area contributed by atoms with Crippen molar-refractivity contribution in [1.29, 1.82) is 0 Å². The third kappa shape index (κ3) is 6.20. The van der Waals surface area contributed by atoms with E-state index in [4.69, 9.17) is 10.5 Å². The van der Waals surface area contributed by atoms with Gasteiger partial charge >= 0.3 is 0 Å². The molecule has 2 atom stereocenters. The Morgan fingerprint density at radius 3 is 2.54 bits per heavy atom. The number of carbonyl (C=O) groups is 2. The van der Waals surface area contributed by atoms with E-state index in [0.717, 1.165) is 30.4 Å². The van der Waals surface area contributed by atoms with E-state index in [9.17, 15) is 18.0 Å². The van der Waals surface area contributed by atoms with Crippen molar-refractivity contribution in [2.75, 3.05) is 26.0 Å². The summed E-state index contributed by atoms with van der Waals surface area (Å²) in [5, 5.41) is 2.72. The molecular weight excluding hydrogens is 382 g/mol. The number of nitrogens with two attached hydrogens (primary N) is 1. The molecule has 0 aliphatic carbocycles. The van der Waals surface area contributed by atoms with Gasteiger partial charge in [-0.2, -0.15) is 4.31 Å². The van der Waals surface area contributed by atoms with Crippen LogP contribution < -0.4 is 15.8 Å². The molecule has 1 aliphatic rings. The Hall–Kier alpha value is -2.13. The third-order valence-electron chi connectivity index (χ3n) is 4.82. The predicted octanol–water partition coefficient (Wildman–Crippen LogP) is 0.660. The van der Waals surface area contributed by atoms with Gasteiger partial charge in [0.2, 0.25) is 21.8 Å². The van der Waals surface area contributed by atoms with E-state index >= 15 is 0 Å². The highest BCUT2D eigenvalue weighted by Gasteiger charge is 2.34. The highest BCUT2D eigenvalue weighted by molar-refractivity contribution is 7.88. The van der Waals surface area contributed by atoms with Gasteiger partial charge in [0.15, 0.2) is 0 Å². The number of hydrogen-bond donors (Lipinski definition) is 2. The Morgan fingerprint density at radius 2 is 1.96 bits per heavy atom. The first-order chi connectivity index (χ1) is 13.2. The Morgan fingerprint density at radius 1 is 1.29 bits per heavy atom. The van der Waals surface area contributed by atoms with E-state index in [1.165, 1.54) is 4.31 Å². The van der Waals surface area contributed by atoms with Crippen LogP contribution in [0.1, 0.15) is 31.7 Å². The third-order valence-corrected chi connectivity index (χ3v) is 6.11. The van der Waals surface area contributed by atoms with Crippen LogP contribution in [-0.4, -0.2) is 56.5 Å². The lowest BCUT2D eigenvalue weighted by Crippen LogP contribution is -2.52. The van der Waals surface area contributed by atoms with Gasteiger partial charge in [0.1, 0.15) is 11.8 Å². The molecule has 1 aromatic rings. The summed E-state index contributed by atoms with van der Waals surface area (Å²) in [6.45, 7) is 2.87. The summed E-state index contributed by atoms with van der Waals surface area (Å²) >= 11 is 0. The minimum atomic E-state index is -3.46. The number of hydrogen-bond acceptors (Lipinski definition) is 5. The van der Waals surface area contributed by atoms with Crippen molar-refractivity contribution in [2.45, 2.75) is 38.6 Å². The maximum Gasteiger partial charge on any atom is 0.238 e. The summed E-state index contributed by atoms with van der Waals surface area (Å²) in [5.74, 6) is -0.744. The van der Waals surface area contributed by atoms with Crippen molar-refractivity contribution < 1.29 is 22.7 Å². The van der Waals surface area contributed by atoms with Crippen molar-refractivity contribution in [1.82, 2.24) is 9.62 Å². The predicted molar refractivity (Wildman–Crippen MR) is 106 cm³/mol. The molecule has 1 heterocycles. The zero-order valence-corrected chi connectivity index (χ0v) is 17.2. The topological polar surface area (TPSA) is 119 Å². The second-order valence-electron chi connectivity index (χ2n) is 7.01. The molecule has 2 amide bonds. The highest BCUT2D eigenvalue weighted by Crippen LogP contribution is 2.20. The smallest absolute Gasteiger partial charge is 0.238 e. The molecule has 0 radical (unpaired) electrons. The first-order valence-electron chi connectivity index (χ1n) is 9.48. The summed E-state index contributed by atoms with van der Waals surface area (Å²) in [6, 6.07) is 6.62. The average molecular weight is 412 g/mol. The molecule has 3 N–H and O–H groups in total. The average Bonchev–Trinajstić information content (AvgIpc) is 2.65. The second kappa shape index (κ2) is 9.88. The van der Waals surface area contributed by atoms with Gasteiger partial charge in [0.25, 0.3) is 0 Å². The van der Waals surface area contributed by atoms with Crippen LogP contribution in [-0.2, 0) is 26.0 Å². The molecule has 1 saturated heterocycles. The van der Waals surface area contributed by atoms with E-state index in [1.54, 1.807) is 0 Å². The molecule has 0 aromatic heterocycles. The number of nitrogens with one attached hydrogen (secondary N) is 1. The molecule has 1 fully saturated rings. The largest absolute Gasteiger partial charge is 0.494 e. The molecule has 0 spiro atoms. The highest BCUT2D eigenvalue weighted by atomic mass is 32.2. The number of amides is 2. The standard InChI is InChI=1S/C19H29N3O5S/c1-3-27-16-9-7-14(8-10-16)12-15(18(20)23)13-21-19(24)17-6-4-5-11-22(17)28(2,25)26/h7-10,15,17H,3-6,11-13H2,1-2H3,(H2,20,23)(H,21,24)/t15-,17-/m0/s1. The van der Waals surface area contributed by atoms with Crippen LogP contribution in [0, 0.1) is 5.92 Å². The van der Waals surface area contributed by atoms with Gasteiger partial charge in [0, 0.05) is 13.1 Å². The monoisotopic (exact) mass is 411 g/mol. The van der Waals surface area contributed by atoms with Crippen LogP contribution in [0.15, 0.2) is 24.3 Å². The summed E-state index contributed by atoms with van der Waals surface area (Å²) in [6.07, 6.45) is 3.48. The normalized spacial score (nSPS) is 19.0. The number of rotatable bonds is 9. The Bertz CT molecular complexity index is 779. The summed E-state index contributed by atoms with van der Waals surface area (Å²) < 4.78 is 30.5. The zero-order chi connectivity index (χ0) is 20.7. The van der Waals surface area contributed by atoms with Gasteiger partial charge in [-0.05, 0) is 43.9 Å². The summed E-state index contributed by atoms with van der Waals surface area (Å²) in [5.41, 5.74) is 6.40. The van der Waals surface area contributed by atoms with Crippen LogP contribution >= 0.6 is 0 Å². The van der Waals surface area contributed by atoms with Gasteiger partial charge < -0.3 is 15.8 Å². The van der Waals surface area contributed by atoms with Gasteiger partial charge in [-0.25, -0.2) is 8.42 Å². The molecule has 0 unspecified atom stereocenters. The van der Waals surface area contributed by atoms with E-state index in [1.807, 2.05) is 31.2 Å². The van der Waals surface area contributed by atoms with Gasteiger partial charge in [-0.15, -0.1) is 0 Å². The van der Waals surface area contributed by atoms with E-state index in [-0.39, 0.29) is 12.5 Å². The van der Waals surface area contributed by atoms with Crippen molar-refractivity contribution in [2.24, 2.45) is 11.7 Å². The van der Waals surface area contributed by atoms with Crippen molar-refractivity contribution >= 4 is 21.8 Å². The number of piperidine rings is 1. The molecular formula is C19H29N3O5S. The maximum absolute atomic E-state index is 12.6. The van der Waals surface area contributed by atoms with E-state index in [2.05, 4.69) is 5.32 Å². The lowest BCUT2D eigenvalue weighted by atomic mass is 9.98. The molecule has 9 heteroatoms. The first kappa shape index (κ1) is 22.2. The van der Waals surface area contributed by atoms with Crippen LogP contribution in [0.4, 0.5) is 0 Å². The zero-order valence-electron chi connectivity index (χ0n) is 16.4. The lowest BCUT2D eigenvalue weighted by Gasteiger charge is -2.32. The van der Waals surface area contributed by atoms with Gasteiger partial charge in [0.05, 0.1) is 18.8 Å². The van der Waals surface area contributed by atoms with E-state index in [0.29, 0.717) is 26.0 Å². The fourth-order valence-corrected chi connectivity index (χ4v) is 4.48. The molecule has 0 bridgehead atoms. The first-order valence-corrected chi connectivity index (χ1v) is 11.3. The summed E-state index contributed by atoms with van der Waals surface area (Å²) in [7, 11) is -3.46. The fraction of sp³-hybridized carbons (Fsp3) is 0.579. The SMILES string of the molecule is CCOc1ccc(C[C@@H](CNC(=O)[C@@H]2CCCCN2S(C)(=O)=O)C(N)=O)cc1.